The Morgan fingerprint density at radius 1 is 0.865 bits per heavy atom. The second kappa shape index (κ2) is 12.9. The van der Waals surface area contributed by atoms with Crippen LogP contribution in [0.15, 0.2) is 60.7 Å². The lowest BCUT2D eigenvalue weighted by atomic mass is 10.1. The Morgan fingerprint density at radius 3 is 1.81 bits per heavy atom. The molecule has 1 amide bonds. The second-order valence-electron chi connectivity index (χ2n) is 10.8. The molecule has 2 aromatic rings. The van der Waals surface area contributed by atoms with Gasteiger partial charge in [0.05, 0.1) is 6.61 Å². The van der Waals surface area contributed by atoms with Crippen molar-refractivity contribution in [2.45, 2.75) is 71.1 Å². The highest BCUT2D eigenvalue weighted by atomic mass is 28.4. The van der Waals surface area contributed by atoms with Gasteiger partial charge in [0.15, 0.2) is 0 Å². The predicted octanol–water partition coefficient (Wildman–Crippen LogP) is 3.86. The molecule has 0 saturated heterocycles. The average Bonchev–Trinajstić information content (AvgIpc) is 2.81. The number of amides is 1. The summed E-state index contributed by atoms with van der Waals surface area (Å²) in [6, 6.07) is 19.1. The zero-order valence-corrected chi connectivity index (χ0v) is 23.6. The number of nitrogens with one attached hydrogen (secondary N) is 1. The molecule has 0 aliphatic rings. The number of esters is 1. The van der Waals surface area contributed by atoms with Gasteiger partial charge in [0.2, 0.25) is 0 Å². The van der Waals surface area contributed by atoms with Gasteiger partial charge in [-0.05, 0) is 42.6 Å². The molecule has 2 aromatic carbocycles. The van der Waals surface area contributed by atoms with Crippen molar-refractivity contribution in [1.29, 1.82) is 0 Å². The van der Waals surface area contributed by atoms with Crippen LogP contribution in [0, 0.1) is 0 Å². The van der Waals surface area contributed by atoms with E-state index in [1.165, 1.54) is 0 Å². The molecule has 0 fully saturated rings. The topological polar surface area (TPSA) is 111 Å². The van der Waals surface area contributed by atoms with Crippen LogP contribution in [0.2, 0.25) is 5.04 Å². The molecule has 0 spiro atoms. The fourth-order valence-electron chi connectivity index (χ4n) is 4.16. The van der Waals surface area contributed by atoms with Gasteiger partial charge in [0, 0.05) is 6.42 Å². The van der Waals surface area contributed by atoms with Gasteiger partial charge >= 0.3 is 18.0 Å². The number of alkyl carbamates (subject to hydrolysis) is 1. The minimum atomic E-state index is -2.77. The summed E-state index contributed by atoms with van der Waals surface area (Å²) < 4.78 is 17.3. The Kier molecular flexibility index (Phi) is 10.5. The highest BCUT2D eigenvalue weighted by Crippen LogP contribution is 2.36. The summed E-state index contributed by atoms with van der Waals surface area (Å²) in [5.41, 5.74) is -0.784. The minimum Gasteiger partial charge on any atom is -0.481 e. The number of hydrogen-bond donors (Lipinski definition) is 2. The summed E-state index contributed by atoms with van der Waals surface area (Å²) in [5.74, 6) is -1.79. The van der Waals surface area contributed by atoms with E-state index < -0.39 is 38.0 Å². The molecule has 0 radical (unpaired) electrons. The standard InChI is InChI=1S/C28H39NO7Si/c1-27(2,3)36-25(32)23(17-18-24(30)31)29-26(33)34-19-20-35-37(28(4,5)6,21-13-9-7-10-14-21)22-15-11-8-12-16-22/h7-16,23H,17-20H2,1-6H3,(H,29,33)(H,30,31). The number of rotatable bonds is 11. The van der Waals surface area contributed by atoms with Gasteiger partial charge in [0.25, 0.3) is 8.32 Å². The van der Waals surface area contributed by atoms with Crippen LogP contribution in [0.4, 0.5) is 4.79 Å². The van der Waals surface area contributed by atoms with Crippen molar-refractivity contribution in [1.82, 2.24) is 5.32 Å². The zero-order chi connectivity index (χ0) is 27.7. The third-order valence-corrected chi connectivity index (χ3v) is 10.7. The van der Waals surface area contributed by atoms with Crippen LogP contribution >= 0.6 is 0 Å². The lowest BCUT2D eigenvalue weighted by Crippen LogP contribution is -2.66. The number of ether oxygens (including phenoxy) is 2. The van der Waals surface area contributed by atoms with E-state index in [9.17, 15) is 14.4 Å². The van der Waals surface area contributed by atoms with Crippen molar-refractivity contribution in [3.8, 4) is 0 Å². The first kappa shape index (κ1) is 30.1. The first-order valence-corrected chi connectivity index (χ1v) is 14.3. The van der Waals surface area contributed by atoms with Gasteiger partial charge in [-0.2, -0.15) is 0 Å². The van der Waals surface area contributed by atoms with E-state index in [1.54, 1.807) is 20.8 Å². The van der Waals surface area contributed by atoms with Crippen molar-refractivity contribution in [3.63, 3.8) is 0 Å². The molecule has 8 nitrogen and oxygen atoms in total. The molecule has 37 heavy (non-hydrogen) atoms. The summed E-state index contributed by atoms with van der Waals surface area (Å²) in [5, 5.41) is 13.4. The number of benzene rings is 2. The van der Waals surface area contributed by atoms with Gasteiger partial charge in [0.1, 0.15) is 18.2 Å². The highest BCUT2D eigenvalue weighted by molar-refractivity contribution is 6.99. The van der Waals surface area contributed by atoms with E-state index in [0.717, 1.165) is 10.4 Å². The third-order valence-electron chi connectivity index (χ3n) is 5.68. The van der Waals surface area contributed by atoms with Crippen LogP contribution in [0.1, 0.15) is 54.4 Å². The molecule has 0 saturated carbocycles. The summed E-state index contributed by atoms with van der Waals surface area (Å²) >= 11 is 0. The van der Waals surface area contributed by atoms with Crippen LogP contribution < -0.4 is 15.7 Å². The second-order valence-corrected chi connectivity index (χ2v) is 15.1. The van der Waals surface area contributed by atoms with Crippen LogP contribution in [-0.2, 0) is 23.5 Å². The molecular weight excluding hydrogens is 490 g/mol. The Labute approximate surface area is 220 Å². The van der Waals surface area contributed by atoms with E-state index >= 15 is 0 Å². The smallest absolute Gasteiger partial charge is 0.407 e. The van der Waals surface area contributed by atoms with Crippen LogP contribution in [-0.4, -0.2) is 56.3 Å². The minimum absolute atomic E-state index is 0.0453. The lowest BCUT2D eigenvalue weighted by Gasteiger charge is -2.43. The van der Waals surface area contributed by atoms with Gasteiger partial charge in [-0.1, -0.05) is 81.4 Å². The number of carbonyl (C=O) groups is 3. The molecule has 0 aromatic heterocycles. The van der Waals surface area contributed by atoms with Crippen molar-refractivity contribution in [2.24, 2.45) is 0 Å². The van der Waals surface area contributed by atoms with Crippen molar-refractivity contribution >= 4 is 36.7 Å². The Bertz CT molecular complexity index is 990. The third kappa shape index (κ3) is 8.72. The van der Waals surface area contributed by atoms with E-state index in [2.05, 4.69) is 50.4 Å². The number of hydrogen-bond acceptors (Lipinski definition) is 6. The molecule has 1 atom stereocenters. The Morgan fingerprint density at radius 2 is 1.38 bits per heavy atom. The summed E-state index contributed by atoms with van der Waals surface area (Å²) in [6.45, 7) is 11.6. The van der Waals surface area contributed by atoms with Crippen molar-refractivity contribution in [3.05, 3.63) is 60.7 Å². The maximum absolute atomic E-state index is 12.5. The van der Waals surface area contributed by atoms with Gasteiger partial charge < -0.3 is 24.3 Å². The summed E-state index contributed by atoms with van der Waals surface area (Å²) in [7, 11) is -2.77. The van der Waals surface area contributed by atoms with E-state index in [4.69, 9.17) is 19.0 Å². The first-order valence-electron chi connectivity index (χ1n) is 12.4. The Hall–Kier alpha value is -3.17. The molecule has 0 bridgehead atoms. The zero-order valence-electron chi connectivity index (χ0n) is 22.6. The molecule has 9 heteroatoms. The van der Waals surface area contributed by atoms with Crippen LogP contribution in [0.5, 0.6) is 0 Å². The number of aliphatic carboxylic acids is 1. The Balaban J connectivity index is 2.13. The molecule has 0 aliphatic heterocycles. The van der Waals surface area contributed by atoms with Gasteiger partial charge in [-0.15, -0.1) is 0 Å². The number of carboxylic acid groups (broad SMARTS) is 1. The van der Waals surface area contributed by atoms with Crippen molar-refractivity contribution in [2.75, 3.05) is 13.2 Å². The normalized spacial score (nSPS) is 12.9. The highest BCUT2D eigenvalue weighted by Gasteiger charge is 2.50. The first-order chi connectivity index (χ1) is 17.3. The largest absolute Gasteiger partial charge is 0.481 e. The SMILES string of the molecule is CC(C)(C)OC(=O)C(CCC(=O)O)NC(=O)OCCO[Si](c1ccccc1)(c1ccccc1)C(C)(C)C. The van der Waals surface area contributed by atoms with Crippen LogP contribution in [0.3, 0.4) is 0 Å². The van der Waals surface area contributed by atoms with Gasteiger partial charge in [-0.25, -0.2) is 9.59 Å². The van der Waals surface area contributed by atoms with Crippen molar-refractivity contribution < 1.29 is 33.4 Å². The molecule has 2 N–H and O–H groups in total. The lowest BCUT2D eigenvalue weighted by molar-refractivity contribution is -0.157. The summed E-state index contributed by atoms with van der Waals surface area (Å²) in [4.78, 5) is 36.0. The van der Waals surface area contributed by atoms with E-state index in [1.807, 2.05) is 36.4 Å². The van der Waals surface area contributed by atoms with Crippen LogP contribution in [0.25, 0.3) is 0 Å². The van der Waals surface area contributed by atoms with E-state index in [-0.39, 0.29) is 31.1 Å². The molecular formula is C28H39NO7Si. The monoisotopic (exact) mass is 529 g/mol. The quantitative estimate of drug-likeness (QED) is 0.258. The maximum Gasteiger partial charge on any atom is 0.407 e. The molecule has 0 aliphatic carbocycles. The molecule has 2 rings (SSSR count). The average molecular weight is 530 g/mol. The predicted molar refractivity (Wildman–Crippen MR) is 145 cm³/mol. The molecule has 202 valence electrons. The molecule has 0 heterocycles. The number of carbonyl (C=O) groups excluding carboxylic acids is 2. The number of carboxylic acids is 1. The maximum atomic E-state index is 12.5. The van der Waals surface area contributed by atoms with Gasteiger partial charge in [-0.3, -0.25) is 4.79 Å². The summed E-state index contributed by atoms with van der Waals surface area (Å²) in [6.07, 6.45) is -1.26. The fourth-order valence-corrected chi connectivity index (χ4v) is 8.71. The molecule has 1 unspecified atom stereocenters. The van der Waals surface area contributed by atoms with E-state index in [0.29, 0.717) is 0 Å². The fraction of sp³-hybridized carbons (Fsp3) is 0.464.